The molecule has 0 N–H and O–H groups in total. The Hall–Kier alpha value is -1.58. The summed E-state index contributed by atoms with van der Waals surface area (Å²) in [6.45, 7) is 6.78. The number of fused-ring (bicyclic) bond motifs is 1. The summed E-state index contributed by atoms with van der Waals surface area (Å²) in [5.74, 6) is 1.43. The second-order valence-electron chi connectivity index (χ2n) is 5.54. The third-order valence-corrected chi connectivity index (χ3v) is 3.98. The number of hydrogen-bond donors (Lipinski definition) is 0. The minimum absolute atomic E-state index is 0.451. The van der Waals surface area contributed by atoms with Crippen molar-refractivity contribution in [2.75, 3.05) is 18.0 Å². The van der Waals surface area contributed by atoms with E-state index in [0.717, 1.165) is 11.5 Å². The van der Waals surface area contributed by atoms with Crippen LogP contribution in [0.4, 0.5) is 5.69 Å². The van der Waals surface area contributed by atoms with Crippen LogP contribution in [0.1, 0.15) is 51.3 Å². The summed E-state index contributed by atoms with van der Waals surface area (Å²) in [4.78, 5) is 7.02. The van der Waals surface area contributed by atoms with E-state index in [9.17, 15) is 0 Å². The highest BCUT2D eigenvalue weighted by Crippen LogP contribution is 2.23. The van der Waals surface area contributed by atoms with Crippen LogP contribution in [-0.2, 0) is 0 Å². The number of aromatic nitrogens is 3. The first-order valence-electron chi connectivity index (χ1n) is 7.39. The fourth-order valence-corrected chi connectivity index (χ4v) is 2.50. The number of nitrogens with zero attached hydrogens (tertiary/aromatic N) is 4. The van der Waals surface area contributed by atoms with Crippen LogP contribution in [-0.4, -0.2) is 27.7 Å². The van der Waals surface area contributed by atoms with Gasteiger partial charge in [-0.3, -0.25) is 0 Å². The van der Waals surface area contributed by atoms with E-state index in [2.05, 4.69) is 47.2 Å². The maximum atomic E-state index is 4.65. The Balaban J connectivity index is 1.83. The van der Waals surface area contributed by atoms with Gasteiger partial charge in [0.05, 0.1) is 11.9 Å². The zero-order valence-electron chi connectivity index (χ0n) is 11.8. The zero-order valence-corrected chi connectivity index (χ0v) is 11.8. The van der Waals surface area contributed by atoms with Crippen molar-refractivity contribution in [1.82, 2.24) is 14.6 Å². The molecule has 0 bridgehead atoms. The molecule has 0 saturated carbocycles. The summed E-state index contributed by atoms with van der Waals surface area (Å²) in [6, 6.07) is 4.24. The molecule has 1 saturated heterocycles. The monoisotopic (exact) mass is 258 g/mol. The molecule has 1 unspecified atom stereocenters. The number of hydrogen-bond acceptors (Lipinski definition) is 3. The summed E-state index contributed by atoms with van der Waals surface area (Å²) in [7, 11) is 0. The molecule has 4 nitrogen and oxygen atoms in total. The van der Waals surface area contributed by atoms with Crippen LogP contribution in [0.2, 0.25) is 0 Å². The molecule has 1 atom stereocenters. The summed E-state index contributed by atoms with van der Waals surface area (Å²) in [5, 5.41) is 4.65. The highest BCUT2D eigenvalue weighted by atomic mass is 15.3. The standard InChI is InChI=1S/C15H22N4/c1-3-4-6-12(2)15-16-14-8-7-13(11-19(14)17-15)18-9-5-10-18/h7-8,11-12H,3-6,9-10H2,1-2H3. The van der Waals surface area contributed by atoms with Crippen LogP contribution in [0.15, 0.2) is 18.3 Å². The van der Waals surface area contributed by atoms with Gasteiger partial charge in [0.15, 0.2) is 11.5 Å². The van der Waals surface area contributed by atoms with Gasteiger partial charge in [0.25, 0.3) is 0 Å². The topological polar surface area (TPSA) is 33.4 Å². The quantitative estimate of drug-likeness (QED) is 0.825. The Kier molecular flexibility index (Phi) is 3.40. The van der Waals surface area contributed by atoms with Crippen molar-refractivity contribution >= 4 is 11.3 Å². The highest BCUT2D eigenvalue weighted by molar-refractivity contribution is 5.52. The van der Waals surface area contributed by atoms with Crippen molar-refractivity contribution in [3.05, 3.63) is 24.2 Å². The zero-order chi connectivity index (χ0) is 13.2. The molecule has 4 heteroatoms. The number of rotatable bonds is 5. The van der Waals surface area contributed by atoms with Crippen molar-refractivity contribution in [1.29, 1.82) is 0 Å². The molecule has 19 heavy (non-hydrogen) atoms. The van der Waals surface area contributed by atoms with Gasteiger partial charge >= 0.3 is 0 Å². The van der Waals surface area contributed by atoms with Crippen LogP contribution in [0.25, 0.3) is 5.65 Å². The third-order valence-electron chi connectivity index (χ3n) is 3.98. The fraction of sp³-hybridized carbons (Fsp3) is 0.600. The van der Waals surface area contributed by atoms with E-state index >= 15 is 0 Å². The van der Waals surface area contributed by atoms with Crippen molar-refractivity contribution < 1.29 is 0 Å². The average molecular weight is 258 g/mol. The molecule has 2 aromatic heterocycles. The fourth-order valence-electron chi connectivity index (χ4n) is 2.50. The van der Waals surface area contributed by atoms with E-state index in [1.54, 1.807) is 0 Å². The lowest BCUT2D eigenvalue weighted by atomic mass is 10.0. The molecule has 1 aliphatic heterocycles. The van der Waals surface area contributed by atoms with Gasteiger partial charge in [-0.15, -0.1) is 0 Å². The van der Waals surface area contributed by atoms with E-state index in [1.165, 1.54) is 44.5 Å². The molecule has 102 valence electrons. The lowest BCUT2D eigenvalue weighted by molar-refractivity contribution is 0.594. The lowest BCUT2D eigenvalue weighted by Gasteiger charge is -2.32. The van der Waals surface area contributed by atoms with Crippen molar-refractivity contribution in [3.63, 3.8) is 0 Å². The maximum absolute atomic E-state index is 4.65. The lowest BCUT2D eigenvalue weighted by Crippen LogP contribution is -2.37. The van der Waals surface area contributed by atoms with Gasteiger partial charge in [-0.2, -0.15) is 5.10 Å². The largest absolute Gasteiger partial charge is 0.370 e. The van der Waals surface area contributed by atoms with Crippen LogP contribution >= 0.6 is 0 Å². The van der Waals surface area contributed by atoms with Gasteiger partial charge in [-0.1, -0.05) is 26.7 Å². The normalized spacial score (nSPS) is 16.6. The average Bonchev–Trinajstić information content (AvgIpc) is 2.77. The molecular formula is C15H22N4. The van der Waals surface area contributed by atoms with Gasteiger partial charge in [0, 0.05) is 19.0 Å². The number of anilines is 1. The molecule has 0 radical (unpaired) electrons. The Bertz CT molecular complexity index is 556. The Labute approximate surface area is 114 Å². The molecule has 1 aliphatic rings. The first-order chi connectivity index (χ1) is 9.28. The van der Waals surface area contributed by atoms with Crippen LogP contribution in [0.5, 0.6) is 0 Å². The summed E-state index contributed by atoms with van der Waals surface area (Å²) in [6.07, 6.45) is 7.06. The van der Waals surface area contributed by atoms with Crippen LogP contribution < -0.4 is 4.90 Å². The summed E-state index contributed by atoms with van der Waals surface area (Å²) >= 11 is 0. The molecule has 3 heterocycles. The molecule has 2 aromatic rings. The molecule has 0 aromatic carbocycles. The van der Waals surface area contributed by atoms with E-state index in [1.807, 2.05) is 4.52 Å². The van der Waals surface area contributed by atoms with Crippen molar-refractivity contribution in [3.8, 4) is 0 Å². The number of pyridine rings is 1. The van der Waals surface area contributed by atoms with E-state index in [4.69, 9.17) is 0 Å². The molecule has 3 rings (SSSR count). The first kappa shape index (κ1) is 12.5. The molecular weight excluding hydrogens is 236 g/mol. The first-order valence-corrected chi connectivity index (χ1v) is 7.39. The van der Waals surface area contributed by atoms with E-state index < -0.39 is 0 Å². The Morgan fingerprint density at radius 2 is 2.16 bits per heavy atom. The predicted octanol–water partition coefficient (Wildman–Crippen LogP) is 3.23. The second-order valence-corrected chi connectivity index (χ2v) is 5.54. The molecule has 1 fully saturated rings. The Morgan fingerprint density at radius 3 is 2.84 bits per heavy atom. The summed E-state index contributed by atoms with van der Waals surface area (Å²) < 4.78 is 1.94. The molecule has 0 spiro atoms. The second kappa shape index (κ2) is 5.19. The summed E-state index contributed by atoms with van der Waals surface area (Å²) in [5.41, 5.74) is 2.22. The SMILES string of the molecule is CCCCC(C)c1nc2ccc(N3CCC3)cn2n1. The molecule has 0 amide bonds. The van der Waals surface area contributed by atoms with Gasteiger partial charge in [0.1, 0.15) is 0 Å². The minimum Gasteiger partial charge on any atom is -0.370 e. The highest BCUT2D eigenvalue weighted by Gasteiger charge is 2.16. The van der Waals surface area contributed by atoms with E-state index in [0.29, 0.717) is 5.92 Å². The van der Waals surface area contributed by atoms with Gasteiger partial charge in [-0.25, -0.2) is 9.50 Å². The van der Waals surface area contributed by atoms with Crippen molar-refractivity contribution in [2.24, 2.45) is 0 Å². The van der Waals surface area contributed by atoms with Crippen LogP contribution in [0, 0.1) is 0 Å². The van der Waals surface area contributed by atoms with Gasteiger partial charge in [-0.05, 0) is 25.0 Å². The van der Waals surface area contributed by atoms with Gasteiger partial charge in [0.2, 0.25) is 0 Å². The third kappa shape index (κ3) is 2.44. The van der Waals surface area contributed by atoms with Crippen LogP contribution in [0.3, 0.4) is 0 Å². The molecule has 0 aliphatic carbocycles. The maximum Gasteiger partial charge on any atom is 0.155 e. The smallest absolute Gasteiger partial charge is 0.155 e. The number of unbranched alkanes of at least 4 members (excludes halogenated alkanes) is 1. The predicted molar refractivity (Wildman–Crippen MR) is 77.8 cm³/mol. The Morgan fingerprint density at radius 1 is 1.32 bits per heavy atom. The van der Waals surface area contributed by atoms with E-state index in [-0.39, 0.29) is 0 Å². The van der Waals surface area contributed by atoms with Gasteiger partial charge < -0.3 is 4.90 Å². The van der Waals surface area contributed by atoms with Crippen molar-refractivity contribution in [2.45, 2.75) is 45.4 Å². The minimum atomic E-state index is 0.451.